The van der Waals surface area contributed by atoms with E-state index < -0.39 is 0 Å². The van der Waals surface area contributed by atoms with E-state index in [-0.39, 0.29) is 5.82 Å². The van der Waals surface area contributed by atoms with Crippen LogP contribution in [0, 0.1) is 5.82 Å². The summed E-state index contributed by atoms with van der Waals surface area (Å²) in [6, 6.07) is 4.37. The monoisotopic (exact) mass is 212 g/mol. The molecule has 0 unspecified atom stereocenters. The Hall–Kier alpha value is -1.15. The van der Waals surface area contributed by atoms with Crippen molar-refractivity contribution >= 4 is 24.0 Å². The van der Waals surface area contributed by atoms with Crippen molar-refractivity contribution in [2.24, 2.45) is 0 Å². The highest BCUT2D eigenvalue weighted by molar-refractivity contribution is 6.17. The van der Waals surface area contributed by atoms with Gasteiger partial charge in [-0.3, -0.25) is 4.79 Å². The van der Waals surface area contributed by atoms with Gasteiger partial charge < -0.3 is 0 Å². The van der Waals surface area contributed by atoms with Crippen molar-refractivity contribution in [1.82, 2.24) is 0 Å². The summed E-state index contributed by atoms with van der Waals surface area (Å²) in [6.07, 6.45) is 4.78. The number of carbonyl (C=O) groups is 1. The average Bonchev–Trinajstić information content (AvgIpc) is 2.20. The highest BCUT2D eigenvalue weighted by Crippen LogP contribution is 2.11. The number of aldehydes is 1. The molecule has 1 aromatic carbocycles. The SMILES string of the molecule is O=Cc1ccc(C=CCCCl)c(F)c1. The van der Waals surface area contributed by atoms with Crippen LogP contribution in [-0.4, -0.2) is 12.2 Å². The number of alkyl halides is 1. The zero-order chi connectivity index (χ0) is 10.4. The van der Waals surface area contributed by atoms with Crippen LogP contribution in [0.15, 0.2) is 24.3 Å². The van der Waals surface area contributed by atoms with Crippen molar-refractivity contribution in [1.29, 1.82) is 0 Å². The number of benzene rings is 1. The van der Waals surface area contributed by atoms with Crippen molar-refractivity contribution in [3.05, 3.63) is 41.2 Å². The molecule has 0 fully saturated rings. The molecule has 0 saturated carbocycles. The molecule has 1 aromatic rings. The van der Waals surface area contributed by atoms with Crippen LogP contribution in [0.5, 0.6) is 0 Å². The van der Waals surface area contributed by atoms with E-state index in [0.717, 1.165) is 0 Å². The standard InChI is InChI=1S/C11H10ClFO/c12-6-2-1-3-10-5-4-9(8-14)7-11(10)13/h1,3-5,7-8H,2,6H2. The van der Waals surface area contributed by atoms with Crippen molar-refractivity contribution in [3.63, 3.8) is 0 Å². The lowest BCUT2D eigenvalue weighted by atomic mass is 10.1. The van der Waals surface area contributed by atoms with E-state index in [1.54, 1.807) is 24.3 Å². The maximum atomic E-state index is 13.2. The van der Waals surface area contributed by atoms with E-state index in [1.807, 2.05) is 0 Å². The largest absolute Gasteiger partial charge is 0.298 e. The van der Waals surface area contributed by atoms with Gasteiger partial charge in [-0.2, -0.15) is 0 Å². The van der Waals surface area contributed by atoms with Gasteiger partial charge in [-0.15, -0.1) is 11.6 Å². The van der Waals surface area contributed by atoms with Gasteiger partial charge in [0, 0.05) is 17.0 Å². The van der Waals surface area contributed by atoms with E-state index in [9.17, 15) is 9.18 Å². The van der Waals surface area contributed by atoms with E-state index in [1.165, 1.54) is 6.07 Å². The molecule has 14 heavy (non-hydrogen) atoms. The van der Waals surface area contributed by atoms with Gasteiger partial charge in [0.1, 0.15) is 12.1 Å². The van der Waals surface area contributed by atoms with E-state index >= 15 is 0 Å². The summed E-state index contributed by atoms with van der Waals surface area (Å²) < 4.78 is 13.2. The predicted octanol–water partition coefficient (Wildman–Crippen LogP) is 3.28. The van der Waals surface area contributed by atoms with Crippen molar-refractivity contribution < 1.29 is 9.18 Å². The number of rotatable bonds is 4. The zero-order valence-corrected chi connectivity index (χ0v) is 8.30. The van der Waals surface area contributed by atoms with Gasteiger partial charge in [-0.05, 0) is 12.5 Å². The van der Waals surface area contributed by atoms with Crippen LogP contribution in [0.25, 0.3) is 6.08 Å². The second kappa shape index (κ2) is 5.55. The Labute approximate surface area is 87.2 Å². The maximum absolute atomic E-state index is 13.2. The van der Waals surface area contributed by atoms with Crippen LogP contribution in [0.2, 0.25) is 0 Å². The van der Waals surface area contributed by atoms with Gasteiger partial charge >= 0.3 is 0 Å². The number of hydrogen-bond donors (Lipinski definition) is 0. The third kappa shape index (κ3) is 2.96. The van der Waals surface area contributed by atoms with Crippen LogP contribution in [0.4, 0.5) is 4.39 Å². The third-order valence-electron chi connectivity index (χ3n) is 1.73. The number of allylic oxidation sites excluding steroid dienone is 1. The van der Waals surface area contributed by atoms with Crippen LogP contribution in [-0.2, 0) is 0 Å². The molecule has 0 aromatic heterocycles. The van der Waals surface area contributed by atoms with Crippen LogP contribution in [0.3, 0.4) is 0 Å². The summed E-state index contributed by atoms with van der Waals surface area (Å²) in [5, 5.41) is 0. The first-order chi connectivity index (χ1) is 6.77. The zero-order valence-electron chi connectivity index (χ0n) is 7.54. The molecule has 3 heteroatoms. The number of hydrogen-bond acceptors (Lipinski definition) is 1. The van der Waals surface area contributed by atoms with Crippen LogP contribution < -0.4 is 0 Å². The highest BCUT2D eigenvalue weighted by atomic mass is 35.5. The molecule has 0 bridgehead atoms. The molecule has 0 radical (unpaired) electrons. The van der Waals surface area contributed by atoms with E-state index in [0.29, 0.717) is 29.7 Å². The summed E-state index contributed by atoms with van der Waals surface area (Å²) in [7, 11) is 0. The molecule has 0 atom stereocenters. The molecule has 0 aliphatic rings. The first-order valence-corrected chi connectivity index (χ1v) is 4.78. The summed E-state index contributed by atoms with van der Waals surface area (Å²) >= 11 is 5.46. The van der Waals surface area contributed by atoms with Gasteiger partial charge in [0.25, 0.3) is 0 Å². The van der Waals surface area contributed by atoms with Crippen LogP contribution >= 0.6 is 11.6 Å². The van der Waals surface area contributed by atoms with Crippen molar-refractivity contribution in [3.8, 4) is 0 Å². The fourth-order valence-electron chi connectivity index (χ4n) is 1.03. The number of carbonyl (C=O) groups excluding carboxylic acids is 1. The lowest BCUT2D eigenvalue weighted by Gasteiger charge is -1.97. The molecule has 1 rings (SSSR count). The van der Waals surface area contributed by atoms with E-state index in [2.05, 4.69) is 0 Å². The lowest BCUT2D eigenvalue weighted by molar-refractivity contribution is 0.112. The van der Waals surface area contributed by atoms with E-state index in [4.69, 9.17) is 11.6 Å². The molecular formula is C11H10ClFO. The Balaban J connectivity index is 2.83. The fraction of sp³-hybridized carbons (Fsp3) is 0.182. The summed E-state index contributed by atoms with van der Waals surface area (Å²) in [5.41, 5.74) is 0.817. The molecule has 0 N–H and O–H groups in total. The Morgan fingerprint density at radius 2 is 2.21 bits per heavy atom. The van der Waals surface area contributed by atoms with Crippen LogP contribution in [0.1, 0.15) is 22.3 Å². The first kappa shape index (κ1) is 10.9. The second-order valence-electron chi connectivity index (χ2n) is 2.78. The normalized spacial score (nSPS) is 10.7. The quantitative estimate of drug-likeness (QED) is 0.553. The van der Waals surface area contributed by atoms with Gasteiger partial charge in [0.05, 0.1) is 0 Å². The Bertz CT molecular complexity index is 347. The smallest absolute Gasteiger partial charge is 0.150 e. The molecule has 1 nitrogen and oxygen atoms in total. The lowest BCUT2D eigenvalue weighted by Crippen LogP contribution is -1.86. The molecule has 0 aliphatic heterocycles. The second-order valence-corrected chi connectivity index (χ2v) is 3.16. The summed E-state index contributed by atoms with van der Waals surface area (Å²) in [4.78, 5) is 10.3. The van der Waals surface area contributed by atoms with Gasteiger partial charge in [-0.1, -0.05) is 24.3 Å². The van der Waals surface area contributed by atoms with Crippen molar-refractivity contribution in [2.75, 3.05) is 5.88 Å². The molecule has 0 saturated heterocycles. The highest BCUT2D eigenvalue weighted by Gasteiger charge is 1.99. The molecule has 0 amide bonds. The Morgan fingerprint density at radius 1 is 1.43 bits per heavy atom. The van der Waals surface area contributed by atoms with Gasteiger partial charge in [-0.25, -0.2) is 4.39 Å². The van der Waals surface area contributed by atoms with Crippen molar-refractivity contribution in [2.45, 2.75) is 6.42 Å². The van der Waals surface area contributed by atoms with Gasteiger partial charge in [0.2, 0.25) is 0 Å². The Morgan fingerprint density at radius 3 is 2.79 bits per heavy atom. The topological polar surface area (TPSA) is 17.1 Å². The molecule has 0 heterocycles. The third-order valence-corrected chi connectivity index (χ3v) is 1.95. The minimum Gasteiger partial charge on any atom is -0.298 e. The molecule has 0 aliphatic carbocycles. The first-order valence-electron chi connectivity index (χ1n) is 4.25. The average molecular weight is 213 g/mol. The molecule has 0 spiro atoms. The Kier molecular flexibility index (Phi) is 4.33. The molecule has 74 valence electrons. The minimum atomic E-state index is -0.388. The van der Waals surface area contributed by atoms with Gasteiger partial charge in [0.15, 0.2) is 0 Å². The maximum Gasteiger partial charge on any atom is 0.150 e. The predicted molar refractivity (Wildman–Crippen MR) is 56.2 cm³/mol. The molecular weight excluding hydrogens is 203 g/mol. The minimum absolute atomic E-state index is 0.344. The number of halogens is 2. The fourth-order valence-corrected chi connectivity index (χ4v) is 1.15. The summed E-state index contributed by atoms with van der Waals surface area (Å²) in [5.74, 6) is 0.130. The summed E-state index contributed by atoms with van der Waals surface area (Å²) in [6.45, 7) is 0.